The van der Waals surface area contributed by atoms with Crippen molar-refractivity contribution in [1.82, 2.24) is 14.8 Å². The summed E-state index contributed by atoms with van der Waals surface area (Å²) in [6.45, 7) is 0.427. The highest BCUT2D eigenvalue weighted by Crippen LogP contribution is 2.44. The Labute approximate surface area is 203 Å². The van der Waals surface area contributed by atoms with Gasteiger partial charge in [0, 0.05) is 47.4 Å². The minimum absolute atomic E-state index is 0.150. The van der Waals surface area contributed by atoms with Crippen LogP contribution in [0.5, 0.6) is 5.75 Å². The largest absolute Gasteiger partial charge is 0.493 e. The van der Waals surface area contributed by atoms with Crippen LogP contribution in [0, 0.1) is 5.82 Å². The molecule has 0 fully saturated rings. The number of fused-ring (bicyclic) bond motifs is 1. The second-order valence-electron chi connectivity index (χ2n) is 8.09. The Balaban J connectivity index is 1.49. The van der Waals surface area contributed by atoms with Gasteiger partial charge in [0.2, 0.25) is 0 Å². The van der Waals surface area contributed by atoms with Crippen molar-refractivity contribution in [2.75, 3.05) is 11.3 Å². The fourth-order valence-corrected chi connectivity index (χ4v) is 4.86. The Kier molecular flexibility index (Phi) is 6.14. The molecule has 0 amide bonds. The third-order valence-electron chi connectivity index (χ3n) is 5.87. The Bertz CT molecular complexity index is 1370. The molecule has 3 heterocycles. The monoisotopic (exact) mass is 500 g/mol. The van der Waals surface area contributed by atoms with Crippen LogP contribution >= 0.6 is 11.9 Å². The van der Waals surface area contributed by atoms with E-state index < -0.39 is 11.7 Å². The molecular weight excluding hydrogens is 480 g/mol. The van der Waals surface area contributed by atoms with Crippen molar-refractivity contribution in [2.45, 2.75) is 23.4 Å². The van der Waals surface area contributed by atoms with Gasteiger partial charge in [0.15, 0.2) is 0 Å². The van der Waals surface area contributed by atoms with Gasteiger partial charge < -0.3 is 9.46 Å². The molecule has 0 aliphatic carbocycles. The molecule has 0 saturated heterocycles. The lowest BCUT2D eigenvalue weighted by Gasteiger charge is -2.28. The molecule has 1 atom stereocenters. The molecule has 1 N–H and O–H groups in total. The Morgan fingerprint density at radius 1 is 1.03 bits per heavy atom. The average Bonchev–Trinajstić information content (AvgIpc) is 3.27. The standard InChI is InChI=1S/C25H20F4N4OS/c1-33-22(7-10-31-33)21-12-15(25(27,28)29)2-4-18(21)19-8-11-34-23-14-17(3-5-20(19)23)35-32-24-13-16(26)6-9-30-24/h2-7,9-10,12-14,19H,8,11H2,1H3,(H,30,32)/t19-/m0/s1. The summed E-state index contributed by atoms with van der Waals surface area (Å²) >= 11 is 1.26. The molecule has 5 nitrogen and oxygen atoms in total. The van der Waals surface area contributed by atoms with Crippen molar-refractivity contribution in [3.8, 4) is 17.0 Å². The summed E-state index contributed by atoms with van der Waals surface area (Å²) in [7, 11) is 1.71. The molecule has 0 radical (unpaired) electrons. The number of benzene rings is 2. The van der Waals surface area contributed by atoms with Crippen LogP contribution in [0.2, 0.25) is 0 Å². The van der Waals surface area contributed by atoms with Gasteiger partial charge in [-0.1, -0.05) is 12.1 Å². The minimum Gasteiger partial charge on any atom is -0.493 e. The molecule has 5 rings (SSSR count). The zero-order valence-corrected chi connectivity index (χ0v) is 19.3. The van der Waals surface area contributed by atoms with Crippen LogP contribution < -0.4 is 9.46 Å². The van der Waals surface area contributed by atoms with Crippen molar-refractivity contribution in [1.29, 1.82) is 0 Å². The highest BCUT2D eigenvalue weighted by molar-refractivity contribution is 8.00. The Morgan fingerprint density at radius 3 is 2.60 bits per heavy atom. The summed E-state index contributed by atoms with van der Waals surface area (Å²) < 4.78 is 64.4. The van der Waals surface area contributed by atoms with Crippen LogP contribution in [0.15, 0.2) is 71.9 Å². The molecule has 1 aliphatic rings. The van der Waals surface area contributed by atoms with Gasteiger partial charge in [0.1, 0.15) is 17.4 Å². The lowest BCUT2D eigenvalue weighted by atomic mass is 9.83. The fourth-order valence-electron chi connectivity index (χ4n) is 4.22. The Hall–Kier alpha value is -3.53. The van der Waals surface area contributed by atoms with E-state index >= 15 is 0 Å². The van der Waals surface area contributed by atoms with Crippen LogP contribution in [-0.2, 0) is 13.2 Å². The SMILES string of the molecule is Cn1nccc1-c1cc(C(F)(F)F)ccc1[C@@H]1CCOc2cc(SNc3cc(F)ccn3)ccc21. The smallest absolute Gasteiger partial charge is 0.416 e. The number of hydrogen-bond acceptors (Lipinski definition) is 5. The lowest BCUT2D eigenvalue weighted by Crippen LogP contribution is -2.17. The van der Waals surface area contributed by atoms with Crippen molar-refractivity contribution in [2.24, 2.45) is 7.05 Å². The first-order chi connectivity index (χ1) is 16.8. The van der Waals surface area contributed by atoms with E-state index in [1.807, 2.05) is 18.2 Å². The number of aromatic nitrogens is 3. The van der Waals surface area contributed by atoms with Gasteiger partial charge in [0.25, 0.3) is 0 Å². The van der Waals surface area contributed by atoms with Crippen LogP contribution in [0.1, 0.15) is 29.0 Å². The molecule has 0 spiro atoms. The predicted octanol–water partition coefficient (Wildman–Crippen LogP) is 6.67. The second kappa shape index (κ2) is 9.26. The number of anilines is 1. The number of rotatable bonds is 5. The second-order valence-corrected chi connectivity index (χ2v) is 8.97. The summed E-state index contributed by atoms with van der Waals surface area (Å²) in [4.78, 5) is 4.90. The van der Waals surface area contributed by atoms with Crippen LogP contribution in [0.3, 0.4) is 0 Å². The van der Waals surface area contributed by atoms with Gasteiger partial charge in [-0.05, 0) is 60.3 Å². The number of hydrogen-bond donors (Lipinski definition) is 1. The van der Waals surface area contributed by atoms with Crippen LogP contribution in [0.25, 0.3) is 11.3 Å². The van der Waals surface area contributed by atoms with Gasteiger partial charge in [0.05, 0.1) is 17.9 Å². The zero-order valence-electron chi connectivity index (χ0n) is 18.5. The maximum absolute atomic E-state index is 13.5. The first-order valence-corrected chi connectivity index (χ1v) is 11.6. The van der Waals surface area contributed by atoms with Crippen molar-refractivity contribution in [3.05, 3.63) is 89.5 Å². The summed E-state index contributed by atoms with van der Waals surface area (Å²) in [6.07, 6.45) is -0.875. The van der Waals surface area contributed by atoms with Crippen molar-refractivity contribution < 1.29 is 22.3 Å². The molecule has 2 aromatic heterocycles. The maximum Gasteiger partial charge on any atom is 0.416 e. The Morgan fingerprint density at radius 2 is 1.86 bits per heavy atom. The molecular formula is C25H20F4N4OS. The quantitative estimate of drug-likeness (QED) is 0.245. The number of pyridine rings is 1. The van der Waals surface area contributed by atoms with E-state index in [0.717, 1.165) is 22.1 Å². The first-order valence-electron chi connectivity index (χ1n) is 10.8. The first kappa shape index (κ1) is 23.2. The van der Waals surface area contributed by atoms with Crippen molar-refractivity contribution in [3.63, 3.8) is 0 Å². The third kappa shape index (κ3) is 4.84. The topological polar surface area (TPSA) is 52.0 Å². The lowest BCUT2D eigenvalue weighted by molar-refractivity contribution is -0.137. The highest BCUT2D eigenvalue weighted by atomic mass is 32.2. The third-order valence-corrected chi connectivity index (χ3v) is 6.67. The number of halogens is 4. The van der Waals surface area contributed by atoms with Gasteiger partial charge in [-0.3, -0.25) is 4.68 Å². The van der Waals surface area contributed by atoms with E-state index in [2.05, 4.69) is 14.8 Å². The average molecular weight is 501 g/mol. The fraction of sp³-hybridized carbons (Fsp3) is 0.200. The molecule has 10 heteroatoms. The van der Waals surface area contributed by atoms with Gasteiger partial charge in [-0.25, -0.2) is 9.37 Å². The van der Waals surface area contributed by atoms with Crippen molar-refractivity contribution >= 4 is 17.8 Å². The summed E-state index contributed by atoms with van der Waals surface area (Å²) in [5.74, 6) is 0.511. The number of aryl methyl sites for hydroxylation is 1. The van der Waals surface area contributed by atoms with E-state index in [4.69, 9.17) is 4.74 Å². The number of nitrogens with one attached hydrogen (secondary N) is 1. The normalized spacial score (nSPS) is 15.4. The van der Waals surface area contributed by atoms with E-state index in [-0.39, 0.29) is 11.7 Å². The van der Waals surface area contributed by atoms with E-state index in [9.17, 15) is 17.6 Å². The molecule has 1 aliphatic heterocycles. The number of ether oxygens (including phenoxy) is 1. The molecule has 0 saturated carbocycles. The van der Waals surface area contributed by atoms with E-state index in [1.165, 1.54) is 36.3 Å². The summed E-state index contributed by atoms with van der Waals surface area (Å²) in [5.41, 5.74) is 2.09. The van der Waals surface area contributed by atoms with Crippen LogP contribution in [0.4, 0.5) is 23.4 Å². The number of alkyl halides is 3. The highest BCUT2D eigenvalue weighted by Gasteiger charge is 2.33. The maximum atomic E-state index is 13.5. The van der Waals surface area contributed by atoms with Gasteiger partial charge in [-0.15, -0.1) is 0 Å². The molecule has 180 valence electrons. The van der Waals surface area contributed by atoms with Crippen LogP contribution in [-0.4, -0.2) is 21.4 Å². The van der Waals surface area contributed by atoms with Gasteiger partial charge in [-0.2, -0.15) is 18.3 Å². The summed E-state index contributed by atoms with van der Waals surface area (Å²) in [5, 5.41) is 4.15. The number of nitrogens with zero attached hydrogens (tertiary/aromatic N) is 3. The molecule has 4 aromatic rings. The molecule has 0 unspecified atom stereocenters. The van der Waals surface area contributed by atoms with E-state index in [1.54, 1.807) is 30.1 Å². The molecule has 0 bridgehead atoms. The predicted molar refractivity (Wildman–Crippen MR) is 126 cm³/mol. The minimum atomic E-state index is -4.45. The summed E-state index contributed by atoms with van der Waals surface area (Å²) in [6, 6.07) is 13.8. The van der Waals surface area contributed by atoms with E-state index in [0.29, 0.717) is 35.9 Å². The zero-order chi connectivity index (χ0) is 24.6. The molecule has 2 aromatic carbocycles. The van der Waals surface area contributed by atoms with Gasteiger partial charge >= 0.3 is 6.18 Å². The molecule has 35 heavy (non-hydrogen) atoms.